The van der Waals surface area contributed by atoms with Gasteiger partial charge in [-0.25, -0.2) is 9.79 Å². The zero-order valence-corrected chi connectivity index (χ0v) is 22.4. The minimum Gasteiger partial charge on any atom is -0.495 e. The Hall–Kier alpha value is -2.00. The summed E-state index contributed by atoms with van der Waals surface area (Å²) in [7, 11) is 1.63. The number of carbonyl (C=O) groups excluding carboxylic acids is 1. The van der Waals surface area contributed by atoms with Crippen LogP contribution in [0.4, 0.5) is 5.00 Å². The van der Waals surface area contributed by atoms with E-state index in [1.165, 1.54) is 10.4 Å². The second-order valence-electron chi connectivity index (χ2n) is 7.62. The molecule has 0 unspecified atom stereocenters. The molecule has 8 heteroatoms. The average molecular weight is 592 g/mol. The van der Waals surface area contributed by atoms with Crippen molar-refractivity contribution in [2.24, 2.45) is 4.99 Å². The molecule has 0 saturated heterocycles. The molecule has 2 aromatic carbocycles. The first-order chi connectivity index (χ1) is 16.0. The molecule has 0 N–H and O–H groups in total. The van der Waals surface area contributed by atoms with Crippen molar-refractivity contribution in [2.75, 3.05) is 20.3 Å². The summed E-state index contributed by atoms with van der Waals surface area (Å²) in [5, 5.41) is 0.679. The number of carbonyl (C=O) groups is 1. The molecule has 4 rings (SSSR count). The summed E-state index contributed by atoms with van der Waals surface area (Å²) in [6.45, 7) is 4.72. The third kappa shape index (κ3) is 5.57. The van der Waals surface area contributed by atoms with Gasteiger partial charge in [0.15, 0.2) is 0 Å². The van der Waals surface area contributed by atoms with E-state index in [1.54, 1.807) is 24.7 Å². The molecule has 1 aliphatic rings. The number of hydrogen-bond acceptors (Lipinski definition) is 6. The Labute approximate surface area is 214 Å². The van der Waals surface area contributed by atoms with Gasteiger partial charge < -0.3 is 9.47 Å². The molecule has 172 valence electrons. The van der Waals surface area contributed by atoms with Crippen LogP contribution in [0, 0.1) is 0 Å². The first-order valence-corrected chi connectivity index (χ1v) is 13.1. The van der Waals surface area contributed by atoms with Crippen molar-refractivity contribution in [1.82, 2.24) is 4.90 Å². The largest absolute Gasteiger partial charge is 0.495 e. The molecule has 3 aromatic rings. The maximum atomic E-state index is 12.9. The maximum Gasteiger partial charge on any atom is 0.341 e. The third-order valence-electron chi connectivity index (χ3n) is 5.41. The molecule has 0 saturated carbocycles. The number of fused-ring (bicyclic) bond motifs is 1. The van der Waals surface area contributed by atoms with Gasteiger partial charge in [-0.3, -0.25) is 4.90 Å². The van der Waals surface area contributed by atoms with Crippen LogP contribution in [-0.2, 0) is 24.2 Å². The van der Waals surface area contributed by atoms with Crippen molar-refractivity contribution in [2.45, 2.75) is 26.4 Å². The van der Waals surface area contributed by atoms with E-state index in [2.05, 4.69) is 61.0 Å². The predicted molar refractivity (Wildman–Crippen MR) is 140 cm³/mol. The quantitative estimate of drug-likeness (QED) is 0.225. The summed E-state index contributed by atoms with van der Waals surface area (Å²) < 4.78 is 12.7. The van der Waals surface area contributed by atoms with Crippen LogP contribution in [0.1, 0.15) is 38.8 Å². The molecule has 0 aliphatic carbocycles. The van der Waals surface area contributed by atoms with Crippen LogP contribution in [0.3, 0.4) is 0 Å². The SMILES string of the molecule is CCOC(=O)c1c(N=Cc2cc(Br)cc(Br)c2OC)sc2c1CCN(Cc1ccccc1)C2. The number of methoxy groups -OCH3 is 1. The lowest BCUT2D eigenvalue weighted by Crippen LogP contribution is -2.29. The monoisotopic (exact) mass is 590 g/mol. The Morgan fingerprint density at radius 2 is 2.03 bits per heavy atom. The van der Waals surface area contributed by atoms with E-state index in [0.29, 0.717) is 22.9 Å². The number of benzene rings is 2. The Bertz CT molecular complexity index is 1180. The minimum absolute atomic E-state index is 0.305. The molecule has 0 bridgehead atoms. The van der Waals surface area contributed by atoms with Crippen LogP contribution in [0.15, 0.2) is 56.4 Å². The maximum absolute atomic E-state index is 12.9. The highest BCUT2D eigenvalue weighted by atomic mass is 79.9. The van der Waals surface area contributed by atoms with Crippen molar-refractivity contribution in [3.63, 3.8) is 0 Å². The second kappa shape index (κ2) is 11.0. The van der Waals surface area contributed by atoms with Gasteiger partial charge in [0.05, 0.1) is 23.8 Å². The number of thiophene rings is 1. The van der Waals surface area contributed by atoms with Gasteiger partial charge in [-0.2, -0.15) is 0 Å². The van der Waals surface area contributed by atoms with Gasteiger partial charge in [0, 0.05) is 40.8 Å². The van der Waals surface area contributed by atoms with Gasteiger partial charge in [-0.15, -0.1) is 11.3 Å². The third-order valence-corrected chi connectivity index (χ3v) is 7.58. The smallest absolute Gasteiger partial charge is 0.341 e. The molecule has 33 heavy (non-hydrogen) atoms. The zero-order valence-electron chi connectivity index (χ0n) is 18.4. The van der Waals surface area contributed by atoms with E-state index in [-0.39, 0.29) is 5.97 Å². The molecule has 1 aliphatic heterocycles. The van der Waals surface area contributed by atoms with Crippen molar-refractivity contribution >= 4 is 60.4 Å². The fraction of sp³-hybridized carbons (Fsp3) is 0.280. The van der Waals surface area contributed by atoms with Gasteiger partial charge in [0.25, 0.3) is 0 Å². The van der Waals surface area contributed by atoms with Gasteiger partial charge in [-0.1, -0.05) is 46.3 Å². The van der Waals surface area contributed by atoms with Crippen LogP contribution in [0.2, 0.25) is 0 Å². The number of aliphatic imine (C=N–C) groups is 1. The van der Waals surface area contributed by atoms with Gasteiger partial charge in [0.2, 0.25) is 0 Å². The highest BCUT2D eigenvalue weighted by Gasteiger charge is 2.28. The highest BCUT2D eigenvalue weighted by Crippen LogP contribution is 2.40. The van der Waals surface area contributed by atoms with E-state index in [1.807, 2.05) is 25.1 Å². The van der Waals surface area contributed by atoms with Gasteiger partial charge in [-0.05, 0) is 52.5 Å². The number of hydrogen-bond donors (Lipinski definition) is 0. The Morgan fingerprint density at radius 3 is 2.76 bits per heavy atom. The summed E-state index contributed by atoms with van der Waals surface area (Å²) in [6.07, 6.45) is 2.55. The topological polar surface area (TPSA) is 51.1 Å². The van der Waals surface area contributed by atoms with Crippen molar-refractivity contribution < 1.29 is 14.3 Å². The lowest BCUT2D eigenvalue weighted by molar-refractivity contribution is 0.0526. The predicted octanol–water partition coefficient (Wildman–Crippen LogP) is 6.77. The lowest BCUT2D eigenvalue weighted by atomic mass is 10.0. The first-order valence-electron chi connectivity index (χ1n) is 10.6. The Morgan fingerprint density at radius 1 is 1.24 bits per heavy atom. The van der Waals surface area contributed by atoms with E-state index in [9.17, 15) is 4.79 Å². The molecule has 5 nitrogen and oxygen atoms in total. The number of nitrogens with zero attached hydrogens (tertiary/aromatic N) is 2. The fourth-order valence-corrected chi connectivity index (χ4v) is 6.58. The molecule has 0 spiro atoms. The molecular formula is C25H24Br2N2O3S. The van der Waals surface area contributed by atoms with Crippen molar-refractivity contribution in [3.8, 4) is 5.75 Å². The molecule has 0 atom stereocenters. The summed E-state index contributed by atoms with van der Waals surface area (Å²) >= 11 is 8.61. The Kier molecular flexibility index (Phi) is 8.01. The lowest BCUT2D eigenvalue weighted by Gasteiger charge is -2.27. The van der Waals surface area contributed by atoms with E-state index >= 15 is 0 Å². The van der Waals surface area contributed by atoms with Crippen LogP contribution < -0.4 is 4.74 Å². The van der Waals surface area contributed by atoms with Crippen LogP contribution >= 0.6 is 43.2 Å². The number of rotatable bonds is 7. The standard InChI is InChI=1S/C25H24Br2N2O3S/c1-3-32-25(30)22-19-9-10-29(14-16-7-5-4-6-8-16)15-21(19)33-24(22)28-13-17-11-18(26)12-20(27)23(17)31-2/h4-8,11-13H,3,9-10,14-15H2,1-2H3. The molecule has 0 radical (unpaired) electrons. The van der Waals surface area contributed by atoms with Crippen LogP contribution in [0.5, 0.6) is 5.75 Å². The zero-order chi connectivity index (χ0) is 23.4. The number of halogens is 2. The van der Waals surface area contributed by atoms with Gasteiger partial charge in [0.1, 0.15) is 10.8 Å². The Balaban J connectivity index is 1.66. The molecular weight excluding hydrogens is 568 g/mol. The minimum atomic E-state index is -0.305. The van der Waals surface area contributed by atoms with Crippen molar-refractivity contribution in [1.29, 1.82) is 0 Å². The molecule has 0 amide bonds. The number of esters is 1. The fourth-order valence-electron chi connectivity index (χ4n) is 3.94. The van der Waals surface area contributed by atoms with Crippen LogP contribution in [0.25, 0.3) is 0 Å². The second-order valence-corrected chi connectivity index (χ2v) is 10.5. The normalized spacial score (nSPS) is 13.8. The van der Waals surface area contributed by atoms with E-state index < -0.39 is 0 Å². The summed E-state index contributed by atoms with van der Waals surface area (Å²) in [5.41, 5.74) is 3.76. The molecule has 1 aromatic heterocycles. The van der Waals surface area contributed by atoms with Crippen molar-refractivity contribution in [3.05, 3.63) is 78.5 Å². The average Bonchev–Trinajstić information content (AvgIpc) is 3.16. The summed E-state index contributed by atoms with van der Waals surface area (Å²) in [5.74, 6) is 0.385. The summed E-state index contributed by atoms with van der Waals surface area (Å²) in [6, 6.07) is 14.3. The molecule has 0 fully saturated rings. The van der Waals surface area contributed by atoms with E-state index in [0.717, 1.165) is 46.1 Å². The van der Waals surface area contributed by atoms with Gasteiger partial charge >= 0.3 is 5.97 Å². The highest BCUT2D eigenvalue weighted by molar-refractivity contribution is 9.11. The molecule has 2 heterocycles. The van der Waals surface area contributed by atoms with E-state index in [4.69, 9.17) is 14.5 Å². The first kappa shape index (κ1) is 24.1. The van der Waals surface area contributed by atoms with Crippen LogP contribution in [-0.4, -0.2) is 37.3 Å². The number of ether oxygens (including phenoxy) is 2. The summed E-state index contributed by atoms with van der Waals surface area (Å²) in [4.78, 5) is 21.2.